The maximum absolute atomic E-state index is 12.3. The second kappa shape index (κ2) is 6.67. The topological polar surface area (TPSA) is 0 Å². The van der Waals surface area contributed by atoms with Crippen molar-refractivity contribution < 1.29 is 13.2 Å². The van der Waals surface area contributed by atoms with Gasteiger partial charge in [0.15, 0.2) is 0 Å². The summed E-state index contributed by atoms with van der Waals surface area (Å²) in [6.45, 7) is 4.22. The van der Waals surface area contributed by atoms with Gasteiger partial charge in [0.25, 0.3) is 0 Å². The van der Waals surface area contributed by atoms with Gasteiger partial charge in [0.05, 0.1) is 5.56 Å². The van der Waals surface area contributed by atoms with E-state index in [4.69, 9.17) is 0 Å². The summed E-state index contributed by atoms with van der Waals surface area (Å²) in [6, 6.07) is 5.50. The van der Waals surface area contributed by atoms with E-state index < -0.39 is 11.7 Å². The molecule has 0 aromatic heterocycles. The van der Waals surface area contributed by atoms with E-state index >= 15 is 0 Å². The Morgan fingerprint density at radius 2 is 1.47 bits per heavy atom. The highest BCUT2D eigenvalue weighted by atomic mass is 19.4. The summed E-state index contributed by atoms with van der Waals surface area (Å²) in [4.78, 5) is 0. The Kier molecular flexibility index (Phi) is 6.29. The van der Waals surface area contributed by atoms with Gasteiger partial charge in [0.1, 0.15) is 0 Å². The molecule has 0 saturated heterocycles. The van der Waals surface area contributed by atoms with Gasteiger partial charge in [-0.15, -0.1) is 0 Å². The molecule has 0 nitrogen and oxygen atoms in total. The summed E-state index contributed by atoms with van der Waals surface area (Å²) in [6.07, 6.45) is -1.23. The van der Waals surface area contributed by atoms with Crippen molar-refractivity contribution in [2.75, 3.05) is 0 Å². The van der Waals surface area contributed by atoms with Crippen molar-refractivity contribution in [3.05, 3.63) is 35.4 Å². The molecule has 1 aromatic rings. The lowest BCUT2D eigenvalue weighted by molar-refractivity contribution is -0.137. The highest BCUT2D eigenvalue weighted by molar-refractivity contribution is 5.24. The summed E-state index contributed by atoms with van der Waals surface area (Å²) in [7, 11) is 0. The minimum absolute atomic E-state index is 0. The predicted octanol–water partition coefficient (Wildman–Crippen LogP) is 5.32. The highest BCUT2D eigenvalue weighted by Gasteiger charge is 2.29. The first-order chi connectivity index (χ1) is 7.47. The Balaban J connectivity index is 0.00000256. The third-order valence-corrected chi connectivity index (χ3v) is 2.96. The first-order valence-corrected chi connectivity index (χ1v) is 5.63. The number of halogens is 3. The molecule has 3 heteroatoms. The Bertz CT molecular complexity index is 307. The zero-order chi connectivity index (χ0) is 12.2. The van der Waals surface area contributed by atoms with E-state index in [9.17, 15) is 13.2 Å². The van der Waals surface area contributed by atoms with Crippen LogP contribution >= 0.6 is 0 Å². The van der Waals surface area contributed by atoms with Crippen LogP contribution in [0.15, 0.2) is 24.3 Å². The second-order valence-electron chi connectivity index (χ2n) is 4.08. The molecule has 0 unspecified atom stereocenters. The normalized spacial score (nSPS) is 11.4. The maximum Gasteiger partial charge on any atom is 0.416 e. The molecule has 0 heterocycles. The molecule has 98 valence electrons. The molecule has 0 bridgehead atoms. The monoisotopic (exact) mass is 246 g/mol. The average Bonchev–Trinajstić information content (AvgIpc) is 2.25. The second-order valence-corrected chi connectivity index (χ2v) is 4.08. The average molecular weight is 246 g/mol. The first kappa shape index (κ1) is 16.0. The number of rotatable bonds is 4. The molecule has 0 radical (unpaired) electrons. The van der Waals surface area contributed by atoms with Crippen LogP contribution in [-0.4, -0.2) is 0 Å². The predicted molar refractivity (Wildman–Crippen MR) is 66.0 cm³/mol. The van der Waals surface area contributed by atoms with Crippen LogP contribution in [0.5, 0.6) is 0 Å². The van der Waals surface area contributed by atoms with Gasteiger partial charge in [-0.2, -0.15) is 13.2 Å². The number of hydrogen-bond acceptors (Lipinski definition) is 0. The third-order valence-electron chi connectivity index (χ3n) is 2.96. The Labute approximate surface area is 102 Å². The van der Waals surface area contributed by atoms with Crippen LogP contribution < -0.4 is 0 Å². The largest absolute Gasteiger partial charge is 0.416 e. The van der Waals surface area contributed by atoms with Gasteiger partial charge in [0.2, 0.25) is 0 Å². The van der Waals surface area contributed by atoms with Crippen molar-refractivity contribution in [3.63, 3.8) is 0 Å². The molecule has 0 aliphatic rings. The lowest BCUT2D eigenvalue weighted by atomic mass is 9.94. The van der Waals surface area contributed by atoms with Gasteiger partial charge < -0.3 is 0 Å². The summed E-state index contributed by atoms with van der Waals surface area (Å²) in [5.74, 6) is 0.566. The van der Waals surface area contributed by atoms with Crippen LogP contribution in [0.3, 0.4) is 0 Å². The van der Waals surface area contributed by atoms with E-state index in [1.54, 1.807) is 12.1 Å². The molecular weight excluding hydrogens is 225 g/mol. The molecule has 0 fully saturated rings. The molecule has 0 atom stereocenters. The molecule has 0 aliphatic carbocycles. The van der Waals surface area contributed by atoms with Gasteiger partial charge in [-0.1, -0.05) is 46.2 Å². The zero-order valence-electron chi connectivity index (χ0n) is 9.64. The standard InChI is InChI=1S/C13H17F3.CH4/c1-3-10(4-2)9-11-5-7-12(8-6-11)13(14,15)16;/h5-8,10H,3-4,9H2,1-2H3;1H4. The van der Waals surface area contributed by atoms with Gasteiger partial charge in [-0.3, -0.25) is 0 Å². The fraction of sp³-hybridized carbons (Fsp3) is 0.571. The maximum atomic E-state index is 12.3. The minimum atomic E-state index is -4.23. The first-order valence-electron chi connectivity index (χ1n) is 5.63. The van der Waals surface area contributed by atoms with E-state index in [0.29, 0.717) is 5.92 Å². The summed E-state index contributed by atoms with van der Waals surface area (Å²) in [5.41, 5.74) is 0.419. The van der Waals surface area contributed by atoms with Crippen molar-refractivity contribution in [1.29, 1.82) is 0 Å². The minimum Gasteiger partial charge on any atom is -0.166 e. The summed E-state index contributed by atoms with van der Waals surface area (Å²) >= 11 is 0. The van der Waals surface area contributed by atoms with Crippen molar-refractivity contribution >= 4 is 0 Å². The highest BCUT2D eigenvalue weighted by Crippen LogP contribution is 2.29. The summed E-state index contributed by atoms with van der Waals surface area (Å²) < 4.78 is 36.9. The van der Waals surface area contributed by atoms with Crippen LogP contribution in [0.2, 0.25) is 0 Å². The van der Waals surface area contributed by atoms with Crippen LogP contribution in [-0.2, 0) is 12.6 Å². The molecule has 1 aromatic carbocycles. The molecule has 17 heavy (non-hydrogen) atoms. The molecule has 0 amide bonds. The van der Waals surface area contributed by atoms with E-state index in [2.05, 4.69) is 13.8 Å². The van der Waals surface area contributed by atoms with Crippen molar-refractivity contribution in [3.8, 4) is 0 Å². The smallest absolute Gasteiger partial charge is 0.166 e. The molecule has 0 spiro atoms. The number of hydrogen-bond donors (Lipinski definition) is 0. The van der Waals surface area contributed by atoms with Gasteiger partial charge >= 0.3 is 6.18 Å². The van der Waals surface area contributed by atoms with E-state index in [-0.39, 0.29) is 7.43 Å². The van der Waals surface area contributed by atoms with Crippen molar-refractivity contribution in [2.24, 2.45) is 5.92 Å². The van der Waals surface area contributed by atoms with Crippen molar-refractivity contribution in [1.82, 2.24) is 0 Å². The van der Waals surface area contributed by atoms with Crippen molar-refractivity contribution in [2.45, 2.75) is 46.7 Å². The van der Waals surface area contributed by atoms with Gasteiger partial charge in [-0.25, -0.2) is 0 Å². The van der Waals surface area contributed by atoms with Crippen LogP contribution in [0.25, 0.3) is 0 Å². The summed E-state index contributed by atoms with van der Waals surface area (Å²) in [5, 5.41) is 0. The third kappa shape index (κ3) is 4.80. The quantitative estimate of drug-likeness (QED) is 0.674. The fourth-order valence-electron chi connectivity index (χ4n) is 1.74. The van der Waals surface area contributed by atoms with Crippen LogP contribution in [0.1, 0.15) is 45.2 Å². The lowest BCUT2D eigenvalue weighted by Crippen LogP contribution is -2.06. The van der Waals surface area contributed by atoms with Crippen LogP contribution in [0, 0.1) is 5.92 Å². The van der Waals surface area contributed by atoms with E-state index in [1.807, 2.05) is 0 Å². The Hall–Kier alpha value is -0.990. The SMILES string of the molecule is C.CCC(CC)Cc1ccc(C(F)(F)F)cc1. The molecule has 0 aliphatic heterocycles. The zero-order valence-corrected chi connectivity index (χ0v) is 9.64. The van der Waals surface area contributed by atoms with Crippen LogP contribution in [0.4, 0.5) is 13.2 Å². The number of benzene rings is 1. The molecule has 0 saturated carbocycles. The number of alkyl halides is 3. The fourth-order valence-corrected chi connectivity index (χ4v) is 1.74. The lowest BCUT2D eigenvalue weighted by Gasteiger charge is -2.13. The van der Waals surface area contributed by atoms with E-state index in [0.717, 1.165) is 37.0 Å². The Morgan fingerprint density at radius 1 is 1.00 bits per heavy atom. The molecular formula is C14H21F3. The van der Waals surface area contributed by atoms with Gasteiger partial charge in [-0.05, 0) is 30.0 Å². The molecule has 0 N–H and O–H groups in total. The molecule has 1 rings (SSSR count). The van der Waals surface area contributed by atoms with Gasteiger partial charge in [0, 0.05) is 0 Å². The Morgan fingerprint density at radius 3 is 1.82 bits per heavy atom. The van der Waals surface area contributed by atoms with E-state index in [1.165, 1.54) is 0 Å².